The van der Waals surface area contributed by atoms with Crippen LogP contribution in [0.15, 0.2) is 72.8 Å². The summed E-state index contributed by atoms with van der Waals surface area (Å²) in [6.45, 7) is 2.14. The number of rotatable bonds is 7. The Morgan fingerprint density at radius 3 is 1.53 bits per heavy atom. The minimum absolute atomic E-state index is 0.0857. The predicted molar refractivity (Wildman–Crippen MR) is 122 cm³/mol. The van der Waals surface area contributed by atoms with Crippen LogP contribution in [0, 0.1) is 6.92 Å². The summed E-state index contributed by atoms with van der Waals surface area (Å²) in [7, 11) is 0. The fourth-order valence-electron chi connectivity index (χ4n) is 2.98. The van der Waals surface area contributed by atoms with Gasteiger partial charge in [0, 0.05) is 35.5 Å². The van der Waals surface area contributed by atoms with Gasteiger partial charge in [0.1, 0.15) is 0 Å². The summed E-state index contributed by atoms with van der Waals surface area (Å²) in [4.78, 5) is 36.5. The second kappa shape index (κ2) is 10.7. The molecule has 0 aliphatic rings. The summed E-state index contributed by atoms with van der Waals surface area (Å²) in [6, 6.07) is 17.3. The quantitative estimate of drug-likeness (QED) is 0.448. The summed E-state index contributed by atoms with van der Waals surface area (Å²) in [6.07, 6.45) is -4.47. The monoisotopic (exact) mass is 469 g/mol. The van der Waals surface area contributed by atoms with Gasteiger partial charge in [-0.3, -0.25) is 14.4 Å². The third kappa shape index (κ3) is 6.68. The SMILES string of the molecule is Cc1ccc(C(=O)Nc2ccc(C(=O)NCCNC(=O)c3ccc(C(F)(F)F)cc3)cc2)cc1. The molecule has 0 spiro atoms. The van der Waals surface area contributed by atoms with E-state index in [0.717, 1.165) is 29.8 Å². The lowest BCUT2D eigenvalue weighted by Gasteiger charge is -2.10. The van der Waals surface area contributed by atoms with Gasteiger partial charge in [0.15, 0.2) is 0 Å². The average Bonchev–Trinajstić information content (AvgIpc) is 2.82. The second-order valence-electron chi connectivity index (χ2n) is 7.48. The van der Waals surface area contributed by atoms with Crippen LogP contribution in [0.5, 0.6) is 0 Å². The number of aryl methyl sites for hydroxylation is 1. The number of amides is 3. The Morgan fingerprint density at radius 1 is 0.647 bits per heavy atom. The molecule has 0 saturated carbocycles. The van der Waals surface area contributed by atoms with Gasteiger partial charge in [-0.05, 0) is 67.6 Å². The van der Waals surface area contributed by atoms with E-state index in [-0.39, 0.29) is 30.5 Å². The molecule has 0 aliphatic heterocycles. The fraction of sp³-hybridized carbons (Fsp3) is 0.160. The standard InChI is InChI=1S/C25H22F3N3O3/c1-16-2-4-19(5-3-16)24(34)31-21-12-8-18(9-13-21)23(33)30-15-14-29-22(32)17-6-10-20(11-7-17)25(26,27)28/h2-13H,14-15H2,1H3,(H,29,32)(H,30,33)(H,31,34). The Bertz CT molecular complexity index is 1160. The molecule has 34 heavy (non-hydrogen) atoms. The number of nitrogens with one attached hydrogen (secondary N) is 3. The number of benzene rings is 3. The smallest absolute Gasteiger partial charge is 0.350 e. The highest BCUT2D eigenvalue weighted by atomic mass is 19.4. The van der Waals surface area contributed by atoms with Crippen molar-refractivity contribution in [3.05, 3.63) is 101 Å². The highest BCUT2D eigenvalue weighted by Crippen LogP contribution is 2.29. The lowest BCUT2D eigenvalue weighted by atomic mass is 10.1. The first-order valence-corrected chi connectivity index (χ1v) is 10.4. The summed E-state index contributed by atoms with van der Waals surface area (Å²) in [5.74, 6) is -1.18. The van der Waals surface area contributed by atoms with Crippen LogP contribution in [-0.4, -0.2) is 30.8 Å². The van der Waals surface area contributed by atoms with Crippen LogP contribution < -0.4 is 16.0 Å². The van der Waals surface area contributed by atoms with Crippen molar-refractivity contribution in [2.24, 2.45) is 0 Å². The molecule has 0 saturated heterocycles. The Balaban J connectivity index is 1.43. The van der Waals surface area contributed by atoms with Crippen LogP contribution in [0.25, 0.3) is 0 Å². The zero-order valence-corrected chi connectivity index (χ0v) is 18.2. The molecule has 9 heteroatoms. The number of carbonyl (C=O) groups is 3. The summed E-state index contributed by atoms with van der Waals surface area (Å²) in [5.41, 5.74) is 1.71. The van der Waals surface area contributed by atoms with E-state index in [1.807, 2.05) is 19.1 Å². The highest BCUT2D eigenvalue weighted by Gasteiger charge is 2.30. The molecule has 3 amide bonds. The maximum Gasteiger partial charge on any atom is 0.416 e. The normalized spacial score (nSPS) is 10.9. The molecule has 3 aromatic rings. The molecule has 0 radical (unpaired) electrons. The maximum absolute atomic E-state index is 12.6. The Morgan fingerprint density at radius 2 is 1.06 bits per heavy atom. The van der Waals surface area contributed by atoms with Crippen LogP contribution in [0.2, 0.25) is 0 Å². The van der Waals surface area contributed by atoms with Crippen molar-refractivity contribution in [3.63, 3.8) is 0 Å². The minimum Gasteiger partial charge on any atom is -0.350 e. The van der Waals surface area contributed by atoms with Gasteiger partial charge in [-0.1, -0.05) is 17.7 Å². The Hall–Kier alpha value is -4.14. The van der Waals surface area contributed by atoms with Gasteiger partial charge in [0.05, 0.1) is 5.56 Å². The third-order valence-electron chi connectivity index (χ3n) is 4.89. The van der Waals surface area contributed by atoms with Gasteiger partial charge >= 0.3 is 6.18 Å². The van der Waals surface area contributed by atoms with Crippen molar-refractivity contribution < 1.29 is 27.6 Å². The van der Waals surface area contributed by atoms with E-state index in [9.17, 15) is 27.6 Å². The summed E-state index contributed by atoms with van der Waals surface area (Å²) >= 11 is 0. The molecule has 0 unspecified atom stereocenters. The maximum atomic E-state index is 12.6. The Labute approximate surface area is 194 Å². The lowest BCUT2D eigenvalue weighted by Crippen LogP contribution is -2.34. The molecule has 0 bridgehead atoms. The zero-order chi connectivity index (χ0) is 24.7. The van der Waals surface area contributed by atoms with Crippen LogP contribution in [0.3, 0.4) is 0 Å². The van der Waals surface area contributed by atoms with E-state index in [4.69, 9.17) is 0 Å². The van der Waals surface area contributed by atoms with Crippen LogP contribution >= 0.6 is 0 Å². The summed E-state index contributed by atoms with van der Waals surface area (Å²) < 4.78 is 37.8. The molecule has 0 aliphatic carbocycles. The molecule has 3 aromatic carbocycles. The first kappa shape index (κ1) is 24.5. The van der Waals surface area contributed by atoms with E-state index in [1.54, 1.807) is 36.4 Å². The number of anilines is 1. The molecular formula is C25H22F3N3O3. The van der Waals surface area contributed by atoms with Gasteiger partial charge < -0.3 is 16.0 Å². The van der Waals surface area contributed by atoms with E-state index in [1.165, 1.54) is 0 Å². The van der Waals surface area contributed by atoms with Crippen molar-refractivity contribution in [2.45, 2.75) is 13.1 Å². The zero-order valence-electron chi connectivity index (χ0n) is 18.2. The number of halogens is 3. The molecule has 0 atom stereocenters. The lowest BCUT2D eigenvalue weighted by molar-refractivity contribution is -0.137. The predicted octanol–water partition coefficient (Wildman–Crippen LogP) is 4.43. The van der Waals surface area contributed by atoms with E-state index in [2.05, 4.69) is 16.0 Å². The molecule has 6 nitrogen and oxygen atoms in total. The number of hydrogen-bond acceptors (Lipinski definition) is 3. The van der Waals surface area contributed by atoms with E-state index < -0.39 is 17.6 Å². The number of carbonyl (C=O) groups excluding carboxylic acids is 3. The topological polar surface area (TPSA) is 87.3 Å². The number of hydrogen-bond donors (Lipinski definition) is 3. The Kier molecular flexibility index (Phi) is 7.68. The second-order valence-corrected chi connectivity index (χ2v) is 7.48. The first-order valence-electron chi connectivity index (χ1n) is 10.4. The van der Waals surface area contributed by atoms with E-state index in [0.29, 0.717) is 16.8 Å². The third-order valence-corrected chi connectivity index (χ3v) is 4.89. The highest BCUT2D eigenvalue weighted by molar-refractivity contribution is 6.04. The van der Waals surface area contributed by atoms with Crippen molar-refractivity contribution in [1.82, 2.24) is 10.6 Å². The van der Waals surface area contributed by atoms with Crippen molar-refractivity contribution in [1.29, 1.82) is 0 Å². The molecule has 3 N–H and O–H groups in total. The number of alkyl halides is 3. The summed E-state index contributed by atoms with van der Waals surface area (Å²) in [5, 5.41) is 7.92. The van der Waals surface area contributed by atoms with Crippen molar-refractivity contribution in [3.8, 4) is 0 Å². The van der Waals surface area contributed by atoms with Crippen molar-refractivity contribution >= 4 is 23.4 Å². The van der Waals surface area contributed by atoms with Crippen LogP contribution in [0.4, 0.5) is 18.9 Å². The van der Waals surface area contributed by atoms with Gasteiger partial charge in [-0.25, -0.2) is 0 Å². The minimum atomic E-state index is -4.47. The van der Waals surface area contributed by atoms with Crippen LogP contribution in [-0.2, 0) is 6.18 Å². The molecule has 0 heterocycles. The molecule has 0 aromatic heterocycles. The van der Waals surface area contributed by atoms with Gasteiger partial charge in [0.2, 0.25) is 0 Å². The average molecular weight is 469 g/mol. The van der Waals surface area contributed by atoms with Crippen molar-refractivity contribution in [2.75, 3.05) is 18.4 Å². The first-order chi connectivity index (χ1) is 16.1. The van der Waals surface area contributed by atoms with Gasteiger partial charge in [-0.15, -0.1) is 0 Å². The largest absolute Gasteiger partial charge is 0.416 e. The molecule has 176 valence electrons. The molecule has 3 rings (SSSR count). The van der Waals surface area contributed by atoms with Gasteiger partial charge in [-0.2, -0.15) is 13.2 Å². The van der Waals surface area contributed by atoms with Gasteiger partial charge in [0.25, 0.3) is 17.7 Å². The fourth-order valence-corrected chi connectivity index (χ4v) is 2.98. The molecule has 0 fully saturated rings. The molecular weight excluding hydrogens is 447 g/mol. The van der Waals surface area contributed by atoms with E-state index >= 15 is 0 Å². The van der Waals surface area contributed by atoms with Crippen LogP contribution in [0.1, 0.15) is 42.2 Å².